The van der Waals surface area contributed by atoms with E-state index in [1.54, 1.807) is 38.1 Å². The first-order valence-corrected chi connectivity index (χ1v) is 34.9. The third-order valence-electron chi connectivity index (χ3n) is 15.0. The molecule has 3 aliphatic heterocycles. The van der Waals surface area contributed by atoms with Crippen LogP contribution in [0.4, 0.5) is 40.5 Å². The lowest BCUT2D eigenvalue weighted by Gasteiger charge is -2.29. The number of ether oxygens (including phenoxy) is 5. The molecular formula is C54H72F2N16O20P2S2. The van der Waals surface area contributed by atoms with Crippen LogP contribution in [0.3, 0.4) is 0 Å². The second-order valence-electron chi connectivity index (χ2n) is 22.5. The predicted molar refractivity (Wildman–Crippen MR) is 337 cm³/mol. The molecule has 0 saturated carbocycles. The Kier molecular flexibility index (Phi) is 25.8. The molecule has 4 aromatic heterocycles. The molecule has 1 aromatic carbocycles. The molecule has 0 radical (unpaired) electrons. The van der Waals surface area contributed by atoms with Crippen LogP contribution in [0.15, 0.2) is 49.6 Å². The Labute approximate surface area is 555 Å². The largest absolute Gasteiger partial charge is 0.481 e. The van der Waals surface area contributed by atoms with Crippen molar-refractivity contribution in [3.05, 3.63) is 55.1 Å². The summed E-state index contributed by atoms with van der Waals surface area (Å²) in [6.07, 6.45) is -11.3. The number of aliphatic carboxylic acids is 1. The number of hydrogen-bond acceptors (Lipinski definition) is 26. The highest BCUT2D eigenvalue weighted by molar-refractivity contribution is 8.07. The second-order valence-corrected chi connectivity index (χ2v) is 28.1. The smallest absolute Gasteiger partial charge is 0.412 e. The van der Waals surface area contributed by atoms with E-state index in [2.05, 4.69) is 56.5 Å². The molecule has 8 rings (SSSR count). The van der Waals surface area contributed by atoms with Crippen LogP contribution < -0.4 is 38.1 Å². The number of halogens is 2. The van der Waals surface area contributed by atoms with Crippen molar-refractivity contribution in [2.24, 2.45) is 23.5 Å². The number of carboxylic acids is 1. The zero-order valence-corrected chi connectivity index (χ0v) is 55.3. The third kappa shape index (κ3) is 20.0. The number of imidazole rings is 2. The van der Waals surface area contributed by atoms with E-state index in [0.29, 0.717) is 11.3 Å². The number of hydrogen-bond donors (Lipinski definition) is 10. The first kappa shape index (κ1) is 74.1. The Hall–Kier alpha value is -7.72. The van der Waals surface area contributed by atoms with Gasteiger partial charge in [0, 0.05) is 51.0 Å². The summed E-state index contributed by atoms with van der Waals surface area (Å²) in [7, 11) is 1.39. The number of Topliss-reactive ketones (excluding diaryl/α,β-unsaturated/α-hetero) is 1. The summed E-state index contributed by atoms with van der Waals surface area (Å²) in [6.45, 7) is -5.87. The lowest BCUT2D eigenvalue weighted by Crippen LogP contribution is -2.46. The maximum atomic E-state index is 16.7. The molecule has 36 nitrogen and oxygen atoms in total. The Morgan fingerprint density at radius 2 is 1.38 bits per heavy atom. The van der Waals surface area contributed by atoms with Crippen LogP contribution in [0.25, 0.3) is 22.3 Å². The maximum absolute atomic E-state index is 16.7. The molecule has 7 amide bonds. The van der Waals surface area contributed by atoms with Gasteiger partial charge in [0.25, 0.3) is 0 Å². The molecule has 3 saturated heterocycles. The van der Waals surface area contributed by atoms with Crippen molar-refractivity contribution in [3.8, 4) is 0 Å². The first-order valence-electron chi connectivity index (χ1n) is 29.7. The molecule has 0 aliphatic carbocycles. The normalized spacial score (nSPS) is 24.4. The molecule has 3 unspecified atom stereocenters. The molecule has 42 heteroatoms. The number of ketones is 1. The number of rotatable bonds is 28. The lowest BCUT2D eigenvalue weighted by atomic mass is 9.89. The van der Waals surface area contributed by atoms with Crippen LogP contribution in [0, 0.1) is 17.8 Å². The van der Waals surface area contributed by atoms with Gasteiger partial charge in [0.05, 0.1) is 57.6 Å². The number of carboxylic acid groups (broad SMARTS) is 1. The van der Waals surface area contributed by atoms with Crippen LogP contribution >= 0.6 is 13.4 Å². The van der Waals surface area contributed by atoms with Crippen LogP contribution in [0.2, 0.25) is 0 Å². The fourth-order valence-corrected chi connectivity index (χ4v) is 12.9. The Morgan fingerprint density at radius 3 is 1.98 bits per heavy atom. The molecule has 0 bridgehead atoms. The highest BCUT2D eigenvalue weighted by Gasteiger charge is 2.54. The van der Waals surface area contributed by atoms with E-state index < -0.39 is 141 Å². The number of fused-ring (bicyclic) bond motifs is 4. The number of nitrogens with zero attached hydrogens (tertiary/aromatic N) is 9. The van der Waals surface area contributed by atoms with Crippen LogP contribution in [0.1, 0.15) is 70.9 Å². The van der Waals surface area contributed by atoms with Gasteiger partial charge in [-0.2, -0.15) is 0 Å². The number of nitrogen functional groups attached to an aromatic ring is 1. The molecule has 96 heavy (non-hydrogen) atoms. The van der Waals surface area contributed by atoms with Gasteiger partial charge < -0.3 is 85.3 Å². The number of likely N-dealkylation sites (N-methyl/N-ethyl adjacent to an activating group) is 1. The van der Waals surface area contributed by atoms with E-state index >= 15 is 8.78 Å². The van der Waals surface area contributed by atoms with Crippen molar-refractivity contribution in [2.45, 2.75) is 115 Å². The van der Waals surface area contributed by atoms with Gasteiger partial charge in [-0.05, 0) is 60.1 Å². The summed E-state index contributed by atoms with van der Waals surface area (Å²) < 4.78 is 85.9. The van der Waals surface area contributed by atoms with Crippen molar-refractivity contribution >= 4 is 124 Å². The zero-order valence-electron chi connectivity index (χ0n) is 51.9. The van der Waals surface area contributed by atoms with Gasteiger partial charge in [-0.3, -0.25) is 47.5 Å². The summed E-state index contributed by atoms with van der Waals surface area (Å²) in [5, 5.41) is 21.9. The van der Waals surface area contributed by atoms with Crippen molar-refractivity contribution in [3.63, 3.8) is 0 Å². The van der Waals surface area contributed by atoms with E-state index in [-0.39, 0.29) is 118 Å². The van der Waals surface area contributed by atoms with Gasteiger partial charge >= 0.3 is 37.6 Å². The molecule has 5 aromatic rings. The standard InChI is InChI=1S/C54H72F2N16O20P2S2/c1-27(2)39(68-35(74)11-15-84-16-13-59-36(75)18-28(3)51(77)78)32(73)19-30(6-5-12-60-52(58)79)48(76)67-31-9-7-29(8-10-31)20-86-54(81)70(4)14-17-85-53(80)69-45-41-47(64-24-62-45)72(26-66-41)50-38(56)43-34(90-50)22-88-93(82,95)91-42-33(21-87-94(83,96)92-43)89-49(37(42)55)71-25-65-40-44(57)61-23-63-46(40)71/h7-10,23-28,30,33-34,37-39,42-43,49-50H,5-6,11-22H2,1-4H3,(H,59,75)(H,67,76)(H,68,74)(H,77,78)(H,82,95)(H,83,96)(H2,57,61,63)(H3,58,60,79)(H,62,64,69,80)/t28?,30-,33-,34-,37-,38-,39+,42-,43-,49-,50-,93?,94?/m1/s1. The van der Waals surface area contributed by atoms with Crippen LogP contribution in [-0.2, 0) is 96.0 Å². The number of primary amides is 1. The SMILES string of the molecule is CC(CC(=O)NCCOCCC(=O)N[C@H](C(=O)C[C@@H](CCCNC(N)=O)C(=O)Nc1ccc(COC(=O)N(C)CCOC(=O)Nc2ncnc3c2ncn3[C@@H]2O[C@@H]3COP(O)(=S)O[C@H]4[C@@H](F)[C@H](n5cnc6c(N)ncnc65)O[C@@H]4COP(O)(=S)O[C@H]3[C@H]2F)cc1)C(C)C)C(=O)O. The van der Waals surface area contributed by atoms with Gasteiger partial charge in [0.1, 0.15) is 55.8 Å². The quantitative estimate of drug-likeness (QED) is 0.0254. The average Bonchev–Trinajstić information content (AvgIpc) is 1.62. The van der Waals surface area contributed by atoms with E-state index in [1.807, 2.05) is 0 Å². The highest BCUT2D eigenvalue weighted by atomic mass is 32.5. The van der Waals surface area contributed by atoms with Crippen LogP contribution in [0.5, 0.6) is 0 Å². The number of carbonyl (C=O) groups excluding carboxylic acids is 7. The van der Waals surface area contributed by atoms with Gasteiger partial charge in [-0.15, -0.1) is 0 Å². The lowest BCUT2D eigenvalue weighted by molar-refractivity contribution is -0.143. The van der Waals surface area contributed by atoms with Gasteiger partial charge in [-0.25, -0.2) is 53.1 Å². The molecule has 3 aliphatic rings. The Balaban J connectivity index is 0.782. The predicted octanol–water partition coefficient (Wildman–Crippen LogP) is 2.52. The third-order valence-corrected chi connectivity index (χ3v) is 18.2. The second kappa shape index (κ2) is 33.5. The summed E-state index contributed by atoms with van der Waals surface area (Å²) >= 11 is 10.5. The van der Waals surface area contributed by atoms with Gasteiger partial charge in [0.15, 0.2) is 59.0 Å². The average molecular weight is 1430 g/mol. The fraction of sp³-hybridized carbons (Fsp3) is 0.556. The highest BCUT2D eigenvalue weighted by Crippen LogP contribution is 2.55. The molecule has 0 spiro atoms. The van der Waals surface area contributed by atoms with Gasteiger partial charge in [0.2, 0.25) is 17.7 Å². The number of benzene rings is 1. The fourth-order valence-electron chi connectivity index (χ4n) is 10.0. The first-order chi connectivity index (χ1) is 45.6. The van der Waals surface area contributed by atoms with Crippen molar-refractivity contribution in [1.82, 2.24) is 59.9 Å². The summed E-state index contributed by atoms with van der Waals surface area (Å²) in [5.74, 6) is -5.28. The van der Waals surface area contributed by atoms with Crippen molar-refractivity contribution in [2.75, 3.05) is 76.1 Å². The van der Waals surface area contributed by atoms with Gasteiger partial charge in [-0.1, -0.05) is 32.9 Å². The minimum Gasteiger partial charge on any atom is -0.481 e. The number of alkyl halides is 2. The number of anilines is 3. The summed E-state index contributed by atoms with van der Waals surface area (Å²) in [5.41, 5.74) is 12.1. The number of amides is 7. The number of nitrogens with two attached hydrogens (primary N) is 2. The van der Waals surface area contributed by atoms with Crippen molar-refractivity contribution in [1.29, 1.82) is 0 Å². The van der Waals surface area contributed by atoms with Crippen molar-refractivity contribution < 1.29 is 104 Å². The van der Waals surface area contributed by atoms with E-state index in [4.69, 9.17) is 82.0 Å². The summed E-state index contributed by atoms with van der Waals surface area (Å²) in [6, 6.07) is 4.55. The molecule has 3 fully saturated rings. The topological polar surface area (TPSA) is 483 Å². The zero-order chi connectivity index (χ0) is 69.6. The minimum absolute atomic E-state index is 0.0111. The molecule has 12 N–H and O–H groups in total. The number of aromatic nitrogens is 8. The van der Waals surface area contributed by atoms with E-state index in [1.165, 1.54) is 24.9 Å². The Bertz CT molecular complexity index is 3720. The van der Waals surface area contributed by atoms with E-state index in [0.717, 1.165) is 28.4 Å². The summed E-state index contributed by atoms with van der Waals surface area (Å²) in [4.78, 5) is 149. The molecule has 13 atom stereocenters. The number of nitrogens with one attached hydrogen (secondary N) is 5. The maximum Gasteiger partial charge on any atom is 0.412 e. The number of urea groups is 1. The molecular weight excluding hydrogens is 1360 g/mol. The monoisotopic (exact) mass is 1430 g/mol. The molecule has 7 heterocycles. The minimum atomic E-state index is -4.44. The molecule has 524 valence electrons. The number of carbonyl (C=O) groups is 8. The van der Waals surface area contributed by atoms with E-state index in [9.17, 15) is 48.1 Å². The van der Waals surface area contributed by atoms with Crippen LogP contribution in [-0.4, -0.2) is 209 Å². The Morgan fingerprint density at radius 1 is 0.771 bits per heavy atom.